The fourth-order valence-corrected chi connectivity index (χ4v) is 5.40. The molecule has 3 heterocycles. The Kier molecular flexibility index (Phi) is 5.77. The lowest BCUT2D eigenvalue weighted by Gasteiger charge is -2.22. The van der Waals surface area contributed by atoms with Crippen LogP contribution in [-0.2, 0) is 4.74 Å². The molecule has 1 aromatic carbocycles. The summed E-state index contributed by atoms with van der Waals surface area (Å²) in [5.74, 6) is 0.782. The predicted molar refractivity (Wildman–Crippen MR) is 113 cm³/mol. The Bertz CT molecular complexity index is 949. The highest BCUT2D eigenvalue weighted by molar-refractivity contribution is 9.11. The molecule has 0 bridgehead atoms. The van der Waals surface area contributed by atoms with Crippen LogP contribution in [0.3, 0.4) is 0 Å². The SMILES string of the molecule is CCOc1ccc2nc(N(CC3CCCO3)C(=O)c3ccc(Br)s3)sc2c1. The summed E-state index contributed by atoms with van der Waals surface area (Å²) < 4.78 is 13.3. The molecule has 1 atom stereocenters. The zero-order valence-electron chi connectivity index (χ0n) is 14.8. The van der Waals surface area contributed by atoms with Crippen molar-refractivity contribution in [3.05, 3.63) is 39.0 Å². The van der Waals surface area contributed by atoms with E-state index in [1.165, 1.54) is 22.7 Å². The molecule has 0 saturated carbocycles. The van der Waals surface area contributed by atoms with E-state index in [0.29, 0.717) is 23.2 Å². The Balaban J connectivity index is 1.68. The molecular weight excluding hydrogens is 448 g/mol. The number of thiazole rings is 1. The van der Waals surface area contributed by atoms with Crippen molar-refractivity contribution in [1.82, 2.24) is 4.98 Å². The highest BCUT2D eigenvalue weighted by atomic mass is 79.9. The molecule has 1 aliphatic rings. The maximum atomic E-state index is 13.2. The van der Waals surface area contributed by atoms with Crippen LogP contribution in [0.4, 0.5) is 5.13 Å². The number of benzene rings is 1. The lowest BCUT2D eigenvalue weighted by atomic mass is 10.2. The van der Waals surface area contributed by atoms with Gasteiger partial charge in [0.25, 0.3) is 5.91 Å². The maximum absolute atomic E-state index is 13.2. The molecule has 0 radical (unpaired) electrons. The number of carbonyl (C=O) groups is 1. The van der Waals surface area contributed by atoms with Gasteiger partial charge in [0, 0.05) is 6.61 Å². The van der Waals surface area contributed by atoms with E-state index < -0.39 is 0 Å². The molecule has 0 spiro atoms. The summed E-state index contributed by atoms with van der Waals surface area (Å²) in [6.45, 7) is 3.86. The van der Waals surface area contributed by atoms with Gasteiger partial charge in [-0.1, -0.05) is 11.3 Å². The molecule has 2 aromatic heterocycles. The Labute approximate surface area is 174 Å². The van der Waals surface area contributed by atoms with Crippen LogP contribution in [0, 0.1) is 0 Å². The zero-order valence-corrected chi connectivity index (χ0v) is 18.0. The van der Waals surface area contributed by atoms with Gasteiger partial charge in [-0.3, -0.25) is 9.69 Å². The maximum Gasteiger partial charge on any atom is 0.270 e. The monoisotopic (exact) mass is 466 g/mol. The third kappa shape index (κ3) is 4.18. The zero-order chi connectivity index (χ0) is 18.8. The van der Waals surface area contributed by atoms with Gasteiger partial charge in [0.1, 0.15) is 5.75 Å². The minimum absolute atomic E-state index is 0.0368. The number of carbonyl (C=O) groups excluding carboxylic acids is 1. The molecule has 1 unspecified atom stereocenters. The number of ether oxygens (including phenoxy) is 2. The van der Waals surface area contributed by atoms with E-state index in [1.807, 2.05) is 37.3 Å². The fraction of sp³-hybridized carbons (Fsp3) is 0.368. The number of hydrogen-bond acceptors (Lipinski definition) is 6. The Morgan fingerprint density at radius 1 is 1.37 bits per heavy atom. The fourth-order valence-electron chi connectivity index (χ4n) is 3.07. The molecule has 1 aliphatic heterocycles. The minimum Gasteiger partial charge on any atom is -0.494 e. The Morgan fingerprint density at radius 2 is 2.26 bits per heavy atom. The van der Waals surface area contributed by atoms with E-state index >= 15 is 0 Å². The van der Waals surface area contributed by atoms with Gasteiger partial charge >= 0.3 is 0 Å². The number of fused-ring (bicyclic) bond motifs is 1. The smallest absolute Gasteiger partial charge is 0.270 e. The molecule has 142 valence electrons. The van der Waals surface area contributed by atoms with Crippen LogP contribution in [0.1, 0.15) is 29.4 Å². The Morgan fingerprint density at radius 3 is 2.96 bits per heavy atom. The van der Waals surface area contributed by atoms with Crippen LogP contribution in [0.25, 0.3) is 10.2 Å². The van der Waals surface area contributed by atoms with E-state index in [9.17, 15) is 4.79 Å². The largest absolute Gasteiger partial charge is 0.494 e. The molecule has 0 aliphatic carbocycles. The van der Waals surface area contributed by atoms with Crippen molar-refractivity contribution < 1.29 is 14.3 Å². The molecular formula is C19H19BrN2O3S2. The number of halogens is 1. The van der Waals surface area contributed by atoms with Crippen molar-refractivity contribution in [1.29, 1.82) is 0 Å². The lowest BCUT2D eigenvalue weighted by molar-refractivity contribution is 0.0920. The van der Waals surface area contributed by atoms with Crippen LogP contribution in [-0.4, -0.2) is 36.8 Å². The lowest BCUT2D eigenvalue weighted by Crippen LogP contribution is -2.37. The van der Waals surface area contributed by atoms with Gasteiger partial charge in [-0.25, -0.2) is 4.98 Å². The molecule has 1 fully saturated rings. The second kappa shape index (κ2) is 8.26. The number of nitrogens with zero attached hydrogens (tertiary/aromatic N) is 2. The number of anilines is 1. The normalized spacial score (nSPS) is 16.7. The van der Waals surface area contributed by atoms with Gasteiger partial charge < -0.3 is 9.47 Å². The Hall–Kier alpha value is -1.48. The van der Waals surface area contributed by atoms with Gasteiger partial charge in [0.05, 0.1) is 38.1 Å². The number of thiophene rings is 1. The summed E-state index contributed by atoms with van der Waals surface area (Å²) >= 11 is 6.39. The summed E-state index contributed by atoms with van der Waals surface area (Å²) in [6, 6.07) is 9.58. The predicted octanol–water partition coefficient (Wildman–Crippen LogP) is 5.34. The second-order valence-corrected chi connectivity index (χ2v) is 9.69. The second-order valence-electron chi connectivity index (χ2n) is 6.21. The average molecular weight is 467 g/mol. The first-order valence-corrected chi connectivity index (χ1v) is 11.3. The van der Waals surface area contributed by atoms with Crippen molar-refractivity contribution in [2.24, 2.45) is 0 Å². The number of rotatable bonds is 6. The van der Waals surface area contributed by atoms with Crippen molar-refractivity contribution in [3.8, 4) is 5.75 Å². The van der Waals surface area contributed by atoms with E-state index in [-0.39, 0.29) is 12.0 Å². The molecule has 8 heteroatoms. The molecule has 1 amide bonds. The first kappa shape index (κ1) is 18.9. The molecule has 0 N–H and O–H groups in total. The van der Waals surface area contributed by atoms with Gasteiger partial charge in [-0.2, -0.15) is 0 Å². The van der Waals surface area contributed by atoms with Crippen molar-refractivity contribution in [2.75, 3.05) is 24.7 Å². The molecule has 1 saturated heterocycles. The van der Waals surface area contributed by atoms with E-state index in [2.05, 4.69) is 15.9 Å². The molecule has 3 aromatic rings. The summed E-state index contributed by atoms with van der Waals surface area (Å²) in [4.78, 5) is 20.4. The van der Waals surface area contributed by atoms with Gasteiger partial charge in [0.2, 0.25) is 0 Å². The van der Waals surface area contributed by atoms with E-state index in [1.54, 1.807) is 4.90 Å². The highest BCUT2D eigenvalue weighted by Gasteiger charge is 2.27. The van der Waals surface area contributed by atoms with Gasteiger partial charge in [-0.05, 0) is 66.0 Å². The molecule has 5 nitrogen and oxygen atoms in total. The van der Waals surface area contributed by atoms with Crippen molar-refractivity contribution in [2.45, 2.75) is 25.9 Å². The topological polar surface area (TPSA) is 51.7 Å². The number of amides is 1. The molecule has 4 rings (SSSR count). The summed E-state index contributed by atoms with van der Waals surface area (Å²) in [7, 11) is 0. The summed E-state index contributed by atoms with van der Waals surface area (Å²) in [6.07, 6.45) is 2.06. The number of hydrogen-bond donors (Lipinski definition) is 0. The van der Waals surface area contributed by atoms with E-state index in [0.717, 1.165) is 39.2 Å². The van der Waals surface area contributed by atoms with Crippen molar-refractivity contribution >= 4 is 59.9 Å². The first-order chi connectivity index (χ1) is 13.1. The third-order valence-electron chi connectivity index (χ3n) is 4.33. The molecule has 27 heavy (non-hydrogen) atoms. The highest BCUT2D eigenvalue weighted by Crippen LogP contribution is 2.34. The van der Waals surface area contributed by atoms with Crippen LogP contribution in [0.2, 0.25) is 0 Å². The average Bonchev–Trinajstić information content (AvgIpc) is 3.39. The first-order valence-electron chi connectivity index (χ1n) is 8.86. The summed E-state index contributed by atoms with van der Waals surface area (Å²) in [5.41, 5.74) is 0.871. The van der Waals surface area contributed by atoms with Crippen LogP contribution in [0.5, 0.6) is 5.75 Å². The standard InChI is InChI=1S/C19H19BrN2O3S2/c1-2-24-12-5-6-14-16(10-12)27-19(21-14)22(11-13-4-3-9-25-13)18(23)15-7-8-17(20)26-15/h5-8,10,13H,2-4,9,11H2,1H3. The minimum atomic E-state index is -0.0368. The van der Waals surface area contributed by atoms with Crippen LogP contribution in [0.15, 0.2) is 34.1 Å². The van der Waals surface area contributed by atoms with E-state index in [4.69, 9.17) is 14.5 Å². The van der Waals surface area contributed by atoms with Crippen LogP contribution < -0.4 is 9.64 Å². The van der Waals surface area contributed by atoms with Crippen molar-refractivity contribution in [3.63, 3.8) is 0 Å². The number of aromatic nitrogens is 1. The van der Waals surface area contributed by atoms with Gasteiger partial charge in [-0.15, -0.1) is 11.3 Å². The van der Waals surface area contributed by atoms with Gasteiger partial charge in [0.15, 0.2) is 5.13 Å². The quantitative estimate of drug-likeness (QED) is 0.491. The van der Waals surface area contributed by atoms with Crippen LogP contribution >= 0.6 is 38.6 Å². The summed E-state index contributed by atoms with van der Waals surface area (Å²) in [5, 5.41) is 0.698. The third-order valence-corrected chi connectivity index (χ3v) is 6.98.